The fraction of sp³-hybridized carbons (Fsp3) is 0.500. The van der Waals surface area contributed by atoms with E-state index in [0.717, 1.165) is 0 Å². The summed E-state index contributed by atoms with van der Waals surface area (Å²) >= 11 is 1.37. The highest BCUT2D eigenvalue weighted by atomic mass is 32.1. The van der Waals surface area contributed by atoms with Crippen molar-refractivity contribution in [1.29, 1.82) is 0 Å². The molecule has 0 atom stereocenters. The summed E-state index contributed by atoms with van der Waals surface area (Å²) in [7, 11) is 2.96. The van der Waals surface area contributed by atoms with Crippen molar-refractivity contribution in [3.8, 4) is 0 Å². The van der Waals surface area contributed by atoms with Gasteiger partial charge in [0.1, 0.15) is 0 Å². The van der Waals surface area contributed by atoms with E-state index in [9.17, 15) is 4.79 Å². The number of carbonyl (C=O) groups excluding carboxylic acids is 1. The first-order valence-electron chi connectivity index (χ1n) is 4.04. The van der Waals surface area contributed by atoms with E-state index in [1.165, 1.54) is 18.4 Å². The van der Waals surface area contributed by atoms with Gasteiger partial charge in [0, 0.05) is 19.0 Å². The van der Waals surface area contributed by atoms with Crippen LogP contribution in [-0.4, -0.2) is 38.3 Å². The largest absolute Gasteiger partial charge is 0.464 e. The average Bonchev–Trinajstić information content (AvgIpc) is 2.66. The minimum atomic E-state index is -0.416. The van der Waals surface area contributed by atoms with E-state index in [1.807, 2.05) is 0 Å². The monoisotopic (exact) mass is 216 g/mol. The number of hydrogen-bond acceptors (Lipinski definition) is 6. The van der Waals surface area contributed by atoms with Crippen LogP contribution in [0.25, 0.3) is 0 Å². The summed E-state index contributed by atoms with van der Waals surface area (Å²) in [6.45, 7) is 1.28. The maximum absolute atomic E-state index is 11.0. The number of thiazole rings is 1. The highest BCUT2D eigenvalue weighted by Gasteiger charge is 2.09. The number of rotatable bonds is 5. The number of esters is 1. The lowest BCUT2D eigenvalue weighted by atomic mass is 10.5. The van der Waals surface area contributed by atoms with Crippen molar-refractivity contribution in [2.45, 2.75) is 0 Å². The minimum Gasteiger partial charge on any atom is -0.464 e. The van der Waals surface area contributed by atoms with Crippen LogP contribution < -0.4 is 5.32 Å². The Balaban J connectivity index is 2.46. The van der Waals surface area contributed by atoms with E-state index in [0.29, 0.717) is 24.0 Å². The zero-order valence-corrected chi connectivity index (χ0v) is 8.89. The van der Waals surface area contributed by atoms with Crippen LogP contribution in [-0.2, 0) is 9.47 Å². The van der Waals surface area contributed by atoms with Gasteiger partial charge in [0.15, 0.2) is 10.8 Å². The van der Waals surface area contributed by atoms with Crippen LogP contribution in [0.1, 0.15) is 10.5 Å². The summed E-state index contributed by atoms with van der Waals surface area (Å²) in [6.07, 6.45) is 0. The Kier molecular flexibility index (Phi) is 4.34. The summed E-state index contributed by atoms with van der Waals surface area (Å²) in [4.78, 5) is 15.1. The van der Waals surface area contributed by atoms with Crippen LogP contribution in [0, 0.1) is 0 Å². The number of anilines is 1. The minimum absolute atomic E-state index is 0.331. The summed E-state index contributed by atoms with van der Waals surface area (Å²) in [5.74, 6) is -0.416. The maximum atomic E-state index is 11.0. The summed E-state index contributed by atoms with van der Waals surface area (Å²) in [6, 6.07) is 0. The molecule has 0 aliphatic heterocycles. The van der Waals surface area contributed by atoms with Gasteiger partial charge < -0.3 is 14.8 Å². The van der Waals surface area contributed by atoms with Gasteiger partial charge in [-0.05, 0) is 0 Å². The standard InChI is InChI=1S/C8H12N2O3S/c1-12-4-3-9-8-10-6(5-14-8)7(11)13-2/h5H,3-4H2,1-2H3,(H,9,10). The zero-order chi connectivity index (χ0) is 10.4. The van der Waals surface area contributed by atoms with Gasteiger partial charge in [0.25, 0.3) is 0 Å². The van der Waals surface area contributed by atoms with Crippen LogP contribution >= 0.6 is 11.3 Å². The predicted octanol–water partition coefficient (Wildman–Crippen LogP) is 0.988. The van der Waals surface area contributed by atoms with Gasteiger partial charge in [-0.3, -0.25) is 0 Å². The van der Waals surface area contributed by atoms with E-state index < -0.39 is 5.97 Å². The normalized spacial score (nSPS) is 9.86. The number of aromatic nitrogens is 1. The molecule has 0 spiro atoms. The molecule has 1 aromatic rings. The number of ether oxygens (including phenoxy) is 2. The van der Waals surface area contributed by atoms with Crippen LogP contribution in [0.15, 0.2) is 5.38 Å². The summed E-state index contributed by atoms with van der Waals surface area (Å²) in [5.41, 5.74) is 0.331. The molecule has 0 bridgehead atoms. The second-order valence-electron chi connectivity index (χ2n) is 2.45. The number of nitrogens with one attached hydrogen (secondary N) is 1. The molecule has 5 nitrogen and oxygen atoms in total. The Morgan fingerprint density at radius 1 is 1.64 bits per heavy atom. The Labute approximate surface area is 86.1 Å². The lowest BCUT2D eigenvalue weighted by Gasteiger charge is -1.99. The number of carbonyl (C=O) groups is 1. The first kappa shape index (κ1) is 10.9. The molecule has 14 heavy (non-hydrogen) atoms. The summed E-state index contributed by atoms with van der Waals surface area (Å²) in [5, 5.41) is 5.37. The van der Waals surface area contributed by atoms with Gasteiger partial charge in [-0.1, -0.05) is 0 Å². The number of methoxy groups -OCH3 is 2. The molecule has 1 N–H and O–H groups in total. The molecule has 0 amide bonds. The van der Waals surface area contributed by atoms with Gasteiger partial charge in [-0.15, -0.1) is 11.3 Å². The van der Waals surface area contributed by atoms with Crippen LogP contribution in [0.2, 0.25) is 0 Å². The lowest BCUT2D eigenvalue weighted by molar-refractivity contribution is 0.0595. The molecule has 78 valence electrons. The van der Waals surface area contributed by atoms with Crippen LogP contribution in [0.5, 0.6) is 0 Å². The van der Waals surface area contributed by atoms with E-state index >= 15 is 0 Å². The molecule has 1 heterocycles. The average molecular weight is 216 g/mol. The van der Waals surface area contributed by atoms with Crippen LogP contribution in [0.4, 0.5) is 5.13 Å². The van der Waals surface area contributed by atoms with Crippen LogP contribution in [0.3, 0.4) is 0 Å². The van der Waals surface area contributed by atoms with E-state index in [-0.39, 0.29) is 0 Å². The van der Waals surface area contributed by atoms with Crippen molar-refractivity contribution in [3.05, 3.63) is 11.1 Å². The highest BCUT2D eigenvalue weighted by Crippen LogP contribution is 2.15. The summed E-state index contributed by atoms with van der Waals surface area (Å²) < 4.78 is 9.39. The van der Waals surface area contributed by atoms with Gasteiger partial charge in [0.05, 0.1) is 13.7 Å². The number of nitrogens with zero attached hydrogens (tertiary/aromatic N) is 1. The lowest BCUT2D eigenvalue weighted by Crippen LogP contribution is -2.08. The first-order valence-corrected chi connectivity index (χ1v) is 4.92. The SMILES string of the molecule is COCCNc1nc(C(=O)OC)cs1. The predicted molar refractivity (Wildman–Crippen MR) is 53.8 cm³/mol. The van der Waals surface area contributed by atoms with Gasteiger partial charge in [0.2, 0.25) is 0 Å². The van der Waals surface area contributed by atoms with Gasteiger partial charge >= 0.3 is 5.97 Å². The molecule has 0 radical (unpaired) electrons. The second-order valence-corrected chi connectivity index (χ2v) is 3.31. The van der Waals surface area contributed by atoms with Gasteiger partial charge in [-0.2, -0.15) is 0 Å². The fourth-order valence-electron chi connectivity index (χ4n) is 0.813. The third-order valence-corrected chi connectivity index (χ3v) is 2.28. The Morgan fingerprint density at radius 2 is 2.43 bits per heavy atom. The van der Waals surface area contributed by atoms with E-state index in [2.05, 4.69) is 15.0 Å². The third kappa shape index (κ3) is 2.97. The molecule has 0 aromatic carbocycles. The maximum Gasteiger partial charge on any atom is 0.357 e. The Morgan fingerprint density at radius 3 is 3.07 bits per heavy atom. The van der Waals surface area contributed by atoms with Crippen molar-refractivity contribution in [2.75, 3.05) is 32.7 Å². The van der Waals surface area contributed by atoms with Gasteiger partial charge in [-0.25, -0.2) is 9.78 Å². The smallest absolute Gasteiger partial charge is 0.357 e. The molecular formula is C8H12N2O3S. The second kappa shape index (κ2) is 5.56. The first-order chi connectivity index (χ1) is 6.77. The molecule has 1 aromatic heterocycles. The Bertz CT molecular complexity index is 301. The van der Waals surface area contributed by atoms with Crippen molar-refractivity contribution in [2.24, 2.45) is 0 Å². The molecule has 0 unspecified atom stereocenters. The van der Waals surface area contributed by atoms with E-state index in [4.69, 9.17) is 4.74 Å². The molecule has 0 aliphatic carbocycles. The molecular weight excluding hydrogens is 204 g/mol. The number of hydrogen-bond donors (Lipinski definition) is 1. The topological polar surface area (TPSA) is 60.5 Å². The zero-order valence-electron chi connectivity index (χ0n) is 8.07. The van der Waals surface area contributed by atoms with Crippen molar-refractivity contribution >= 4 is 22.4 Å². The molecule has 0 aliphatic rings. The highest BCUT2D eigenvalue weighted by molar-refractivity contribution is 7.13. The fourth-order valence-corrected chi connectivity index (χ4v) is 1.52. The van der Waals surface area contributed by atoms with Crippen molar-refractivity contribution < 1.29 is 14.3 Å². The molecule has 0 saturated heterocycles. The quantitative estimate of drug-likeness (QED) is 0.587. The molecule has 0 fully saturated rings. The molecule has 1 rings (SSSR count). The van der Waals surface area contributed by atoms with E-state index in [1.54, 1.807) is 12.5 Å². The Hall–Kier alpha value is -1.14. The van der Waals surface area contributed by atoms with Crippen molar-refractivity contribution in [3.63, 3.8) is 0 Å². The third-order valence-electron chi connectivity index (χ3n) is 1.48. The molecule has 0 saturated carbocycles. The molecule has 6 heteroatoms. The van der Waals surface area contributed by atoms with Crippen molar-refractivity contribution in [1.82, 2.24) is 4.98 Å².